The summed E-state index contributed by atoms with van der Waals surface area (Å²) in [5.74, 6) is 0.851. The first-order valence-corrected chi connectivity index (χ1v) is 10.5. The van der Waals surface area contributed by atoms with Gasteiger partial charge in [0.05, 0.1) is 13.2 Å². The van der Waals surface area contributed by atoms with Crippen molar-refractivity contribution in [3.8, 4) is 0 Å². The van der Waals surface area contributed by atoms with Crippen LogP contribution in [0.2, 0.25) is 0 Å². The minimum Gasteiger partial charge on any atom is -0.378 e. The molecule has 0 saturated carbocycles. The van der Waals surface area contributed by atoms with Gasteiger partial charge in [-0.05, 0) is 43.0 Å². The number of anilines is 1. The number of thiophene rings is 1. The summed E-state index contributed by atoms with van der Waals surface area (Å²) in [5.41, 5.74) is 0.695. The molecule has 144 valence electrons. The van der Waals surface area contributed by atoms with Crippen molar-refractivity contribution in [3.05, 3.63) is 46.3 Å². The van der Waals surface area contributed by atoms with Crippen molar-refractivity contribution in [2.45, 2.75) is 25.4 Å². The maximum Gasteiger partial charge on any atom is 0.254 e. The zero-order chi connectivity index (χ0) is 18.5. The molecule has 2 aliphatic heterocycles. The summed E-state index contributed by atoms with van der Waals surface area (Å²) in [6, 6.07) is 8.35. The lowest BCUT2D eigenvalue weighted by atomic mass is 10.1. The third-order valence-corrected chi connectivity index (χ3v) is 5.98. The van der Waals surface area contributed by atoms with E-state index in [0.717, 1.165) is 31.9 Å². The summed E-state index contributed by atoms with van der Waals surface area (Å²) in [6.07, 6.45) is 4.03. The molecule has 1 N–H and O–H groups in total. The van der Waals surface area contributed by atoms with Crippen LogP contribution in [0.25, 0.3) is 0 Å². The number of carbonyl (C=O) groups excluding carboxylic acids is 1. The van der Waals surface area contributed by atoms with E-state index in [1.54, 1.807) is 12.3 Å². The number of ether oxygens (including phenoxy) is 1. The van der Waals surface area contributed by atoms with Gasteiger partial charge in [0.1, 0.15) is 5.82 Å². The van der Waals surface area contributed by atoms with Crippen LogP contribution in [0, 0.1) is 0 Å². The van der Waals surface area contributed by atoms with Crippen molar-refractivity contribution in [2.75, 3.05) is 44.7 Å². The van der Waals surface area contributed by atoms with Crippen molar-refractivity contribution in [2.24, 2.45) is 0 Å². The molecule has 0 aromatic carbocycles. The van der Waals surface area contributed by atoms with Crippen molar-refractivity contribution < 1.29 is 9.53 Å². The van der Waals surface area contributed by atoms with Crippen LogP contribution >= 0.6 is 11.3 Å². The van der Waals surface area contributed by atoms with E-state index >= 15 is 0 Å². The predicted molar refractivity (Wildman–Crippen MR) is 107 cm³/mol. The number of hydrogen-bond acceptors (Lipinski definition) is 6. The fourth-order valence-corrected chi connectivity index (χ4v) is 4.49. The van der Waals surface area contributed by atoms with Gasteiger partial charge in [-0.2, -0.15) is 0 Å². The van der Waals surface area contributed by atoms with Crippen molar-refractivity contribution in [1.82, 2.24) is 14.8 Å². The molecule has 2 aliphatic rings. The monoisotopic (exact) mass is 386 g/mol. The molecule has 6 nitrogen and oxygen atoms in total. The molecule has 2 fully saturated rings. The van der Waals surface area contributed by atoms with Crippen molar-refractivity contribution in [1.29, 1.82) is 0 Å². The van der Waals surface area contributed by atoms with E-state index in [1.807, 2.05) is 22.3 Å². The van der Waals surface area contributed by atoms with Crippen LogP contribution in [0.3, 0.4) is 0 Å². The second kappa shape index (κ2) is 8.82. The van der Waals surface area contributed by atoms with Gasteiger partial charge in [-0.15, -0.1) is 11.3 Å². The number of piperidine rings is 1. The molecule has 2 aromatic rings. The fourth-order valence-electron chi connectivity index (χ4n) is 3.74. The molecule has 2 saturated heterocycles. The number of likely N-dealkylation sites (tertiary alicyclic amines) is 1. The fraction of sp³-hybridized carbons (Fsp3) is 0.500. The molecule has 7 heteroatoms. The average Bonchev–Trinajstić information content (AvgIpc) is 3.22. The summed E-state index contributed by atoms with van der Waals surface area (Å²) >= 11 is 1.81. The quantitative estimate of drug-likeness (QED) is 0.856. The van der Waals surface area contributed by atoms with Gasteiger partial charge in [-0.1, -0.05) is 6.07 Å². The van der Waals surface area contributed by atoms with E-state index in [-0.39, 0.29) is 5.91 Å². The molecule has 0 bridgehead atoms. The van der Waals surface area contributed by atoms with Crippen molar-refractivity contribution >= 4 is 23.1 Å². The molecule has 2 aromatic heterocycles. The normalized spacial score (nSPS) is 21.2. The molecular formula is C20H26N4O2S. The SMILES string of the molecule is O=C(c1ccnc(NC2CCCN(Cc3cccs3)C2)c1)N1CCOCC1. The third kappa shape index (κ3) is 4.86. The smallest absolute Gasteiger partial charge is 0.254 e. The molecule has 0 spiro atoms. The van der Waals surface area contributed by atoms with Crippen molar-refractivity contribution in [3.63, 3.8) is 0 Å². The molecule has 0 aliphatic carbocycles. The van der Waals surface area contributed by atoms with E-state index in [4.69, 9.17) is 4.74 Å². The lowest BCUT2D eigenvalue weighted by Gasteiger charge is -2.33. The standard InChI is InChI=1S/C20H26N4O2S/c25-20(24-8-10-26-11-9-24)16-5-6-21-19(13-16)22-17-3-1-7-23(14-17)15-18-4-2-12-27-18/h2,4-6,12-13,17H,1,3,7-11,14-15H2,(H,21,22). The molecular weight excluding hydrogens is 360 g/mol. The number of nitrogens with zero attached hydrogens (tertiary/aromatic N) is 3. The first kappa shape index (κ1) is 18.4. The first-order valence-electron chi connectivity index (χ1n) is 9.62. The van der Waals surface area contributed by atoms with Gasteiger partial charge < -0.3 is 15.0 Å². The van der Waals surface area contributed by atoms with Crippen LogP contribution in [0.4, 0.5) is 5.82 Å². The van der Waals surface area contributed by atoms with Crippen LogP contribution in [0.1, 0.15) is 28.1 Å². The highest BCUT2D eigenvalue weighted by Crippen LogP contribution is 2.20. The first-order chi connectivity index (χ1) is 13.3. The van der Waals surface area contributed by atoms with Gasteiger partial charge in [-0.25, -0.2) is 4.98 Å². The summed E-state index contributed by atoms with van der Waals surface area (Å²) in [5, 5.41) is 5.68. The Kier molecular flexibility index (Phi) is 6.01. The molecule has 1 unspecified atom stereocenters. The Balaban J connectivity index is 1.36. The molecule has 1 atom stereocenters. The van der Waals surface area contributed by atoms with E-state index < -0.39 is 0 Å². The van der Waals surface area contributed by atoms with Crippen LogP contribution in [-0.4, -0.2) is 66.1 Å². The number of carbonyl (C=O) groups is 1. The number of morpholine rings is 1. The summed E-state index contributed by atoms with van der Waals surface area (Å²) < 4.78 is 5.33. The largest absolute Gasteiger partial charge is 0.378 e. The van der Waals surface area contributed by atoms with Gasteiger partial charge in [0.15, 0.2) is 0 Å². The van der Waals surface area contributed by atoms with E-state index in [1.165, 1.54) is 11.3 Å². The zero-order valence-electron chi connectivity index (χ0n) is 15.5. The predicted octanol–water partition coefficient (Wildman–Crippen LogP) is 2.69. The summed E-state index contributed by atoms with van der Waals surface area (Å²) in [7, 11) is 0. The number of hydrogen-bond donors (Lipinski definition) is 1. The Labute approximate surface area is 164 Å². The number of nitrogens with one attached hydrogen (secondary N) is 1. The summed E-state index contributed by atoms with van der Waals surface area (Å²) in [4.78, 5) is 22.9. The van der Waals surface area contributed by atoms with E-state index in [9.17, 15) is 4.79 Å². The average molecular weight is 387 g/mol. The Morgan fingerprint density at radius 2 is 2.19 bits per heavy atom. The number of aromatic nitrogens is 1. The van der Waals surface area contributed by atoms with Crippen LogP contribution in [0.5, 0.6) is 0 Å². The Morgan fingerprint density at radius 3 is 3.00 bits per heavy atom. The van der Waals surface area contributed by atoms with Crippen LogP contribution in [0.15, 0.2) is 35.8 Å². The Hall–Kier alpha value is -1.96. The maximum absolute atomic E-state index is 12.7. The minimum atomic E-state index is 0.0618. The minimum absolute atomic E-state index is 0.0618. The summed E-state index contributed by atoms with van der Waals surface area (Å²) in [6.45, 7) is 5.70. The Bertz CT molecular complexity index is 746. The van der Waals surface area contributed by atoms with E-state index in [0.29, 0.717) is 37.9 Å². The topological polar surface area (TPSA) is 57.7 Å². The molecule has 4 rings (SSSR count). The number of rotatable bonds is 5. The lowest BCUT2D eigenvalue weighted by Crippen LogP contribution is -2.42. The zero-order valence-corrected chi connectivity index (χ0v) is 16.3. The highest BCUT2D eigenvalue weighted by Gasteiger charge is 2.22. The molecule has 0 radical (unpaired) electrons. The van der Waals surface area contributed by atoms with E-state index in [2.05, 4.69) is 32.7 Å². The van der Waals surface area contributed by atoms with Gasteiger partial charge in [0.2, 0.25) is 0 Å². The number of amides is 1. The van der Waals surface area contributed by atoms with Gasteiger partial charge >= 0.3 is 0 Å². The third-order valence-electron chi connectivity index (χ3n) is 5.12. The van der Waals surface area contributed by atoms with Crippen LogP contribution < -0.4 is 5.32 Å². The Morgan fingerprint density at radius 1 is 1.30 bits per heavy atom. The molecule has 4 heterocycles. The molecule has 27 heavy (non-hydrogen) atoms. The number of pyridine rings is 1. The van der Waals surface area contributed by atoms with Gasteiger partial charge in [0.25, 0.3) is 5.91 Å². The second-order valence-electron chi connectivity index (χ2n) is 7.13. The highest BCUT2D eigenvalue weighted by molar-refractivity contribution is 7.09. The molecule has 1 amide bonds. The lowest BCUT2D eigenvalue weighted by molar-refractivity contribution is 0.0303. The van der Waals surface area contributed by atoms with Gasteiger partial charge in [-0.3, -0.25) is 9.69 Å². The van der Waals surface area contributed by atoms with Gasteiger partial charge in [0, 0.05) is 48.9 Å². The highest BCUT2D eigenvalue weighted by atomic mass is 32.1. The second-order valence-corrected chi connectivity index (χ2v) is 8.16. The maximum atomic E-state index is 12.7. The van der Waals surface area contributed by atoms with Crippen LogP contribution in [-0.2, 0) is 11.3 Å².